The Bertz CT molecular complexity index is 706. The number of guanidine groups is 1. The summed E-state index contributed by atoms with van der Waals surface area (Å²) in [4.78, 5) is 8.52. The molecule has 0 aliphatic carbocycles. The molecule has 7 nitrogen and oxygen atoms in total. The average molecular weight is 514 g/mol. The zero-order valence-corrected chi connectivity index (χ0v) is 18.3. The third kappa shape index (κ3) is 7.65. The lowest BCUT2D eigenvalue weighted by Gasteiger charge is -2.13. The van der Waals surface area contributed by atoms with Gasteiger partial charge >= 0.3 is 0 Å². The van der Waals surface area contributed by atoms with Gasteiger partial charge < -0.3 is 20.3 Å². The van der Waals surface area contributed by atoms with E-state index < -0.39 is 6.10 Å². The summed E-state index contributed by atoms with van der Waals surface area (Å²) < 4.78 is 5.06. The first-order valence-corrected chi connectivity index (χ1v) is 8.69. The molecule has 0 aliphatic rings. The summed E-state index contributed by atoms with van der Waals surface area (Å²) in [5.41, 5.74) is 0.624. The van der Waals surface area contributed by atoms with Crippen LogP contribution in [0.4, 0.5) is 0 Å². The van der Waals surface area contributed by atoms with Gasteiger partial charge in [-0.2, -0.15) is 4.98 Å². The predicted octanol–water partition coefficient (Wildman–Crippen LogP) is 3.13. The van der Waals surface area contributed by atoms with Gasteiger partial charge in [0.15, 0.2) is 11.8 Å². The number of aliphatic imine (C=N–C) groups is 1. The second-order valence-corrected chi connectivity index (χ2v) is 6.22. The van der Waals surface area contributed by atoms with Gasteiger partial charge in [-0.15, -0.1) is 24.0 Å². The maximum absolute atomic E-state index is 10.3. The Labute approximate surface area is 179 Å². The smallest absolute Gasteiger partial charge is 0.228 e. The fraction of sp³-hybridized carbons (Fsp3) is 0.438. The van der Waals surface area contributed by atoms with Crippen molar-refractivity contribution in [1.82, 2.24) is 20.8 Å². The van der Waals surface area contributed by atoms with E-state index in [0.29, 0.717) is 52.8 Å². The molecule has 1 unspecified atom stereocenters. The van der Waals surface area contributed by atoms with Gasteiger partial charge in [-0.25, -0.2) is 0 Å². The van der Waals surface area contributed by atoms with E-state index in [9.17, 15) is 5.11 Å². The molecule has 0 saturated heterocycles. The van der Waals surface area contributed by atoms with Crippen LogP contribution in [0, 0.1) is 6.92 Å². The number of aromatic nitrogens is 2. The predicted molar refractivity (Wildman–Crippen MR) is 114 cm³/mol. The summed E-state index contributed by atoms with van der Waals surface area (Å²) >= 11 is 11.9. The van der Waals surface area contributed by atoms with Crippen LogP contribution in [-0.4, -0.2) is 40.8 Å². The largest absolute Gasteiger partial charge is 0.386 e. The first-order valence-electron chi connectivity index (χ1n) is 7.93. The Kier molecular flexibility index (Phi) is 10.2. The van der Waals surface area contributed by atoms with Crippen molar-refractivity contribution in [3.05, 3.63) is 45.5 Å². The highest BCUT2D eigenvalue weighted by atomic mass is 127. The average Bonchev–Trinajstić information content (AvgIpc) is 2.96. The first-order chi connectivity index (χ1) is 12.0. The van der Waals surface area contributed by atoms with Crippen LogP contribution in [0.25, 0.3) is 0 Å². The highest BCUT2D eigenvalue weighted by molar-refractivity contribution is 14.0. The summed E-state index contributed by atoms with van der Waals surface area (Å²) in [5, 5.41) is 21.2. The van der Waals surface area contributed by atoms with Crippen molar-refractivity contribution in [3.63, 3.8) is 0 Å². The molecule has 0 saturated carbocycles. The molecule has 26 heavy (non-hydrogen) atoms. The van der Waals surface area contributed by atoms with Crippen LogP contribution in [0.1, 0.15) is 30.3 Å². The quantitative estimate of drug-likeness (QED) is 0.299. The highest BCUT2D eigenvalue weighted by Gasteiger charge is 2.10. The van der Waals surface area contributed by atoms with E-state index in [4.69, 9.17) is 27.7 Å². The standard InChI is InChI=1S/C16H21Cl2N5O2.HI/c1-3-19-16(20-5-4-15-22-10(2)23-25-15)21-9-14(24)11-6-12(17)8-13(18)7-11;/h6-8,14,24H,3-5,9H2,1-2H3,(H2,19,20,21);1H. The molecule has 1 aromatic carbocycles. The Hall–Kier alpha value is -1.10. The van der Waals surface area contributed by atoms with E-state index in [1.165, 1.54) is 0 Å². The van der Waals surface area contributed by atoms with Crippen molar-refractivity contribution >= 4 is 53.1 Å². The van der Waals surface area contributed by atoms with Gasteiger partial charge in [0.05, 0.1) is 12.6 Å². The van der Waals surface area contributed by atoms with E-state index in [1.54, 1.807) is 25.1 Å². The Balaban J connectivity index is 0.00000338. The first kappa shape index (κ1) is 22.9. The van der Waals surface area contributed by atoms with Crippen LogP contribution in [0.3, 0.4) is 0 Å². The lowest BCUT2D eigenvalue weighted by atomic mass is 10.1. The summed E-state index contributed by atoms with van der Waals surface area (Å²) in [6, 6.07) is 4.96. The van der Waals surface area contributed by atoms with Crippen LogP contribution < -0.4 is 10.6 Å². The van der Waals surface area contributed by atoms with Gasteiger partial charge in [0, 0.05) is 29.6 Å². The lowest BCUT2D eigenvalue weighted by Crippen LogP contribution is -2.38. The van der Waals surface area contributed by atoms with Gasteiger partial charge in [0.2, 0.25) is 5.89 Å². The monoisotopic (exact) mass is 513 g/mol. The molecule has 2 rings (SSSR count). The highest BCUT2D eigenvalue weighted by Crippen LogP contribution is 2.23. The molecule has 0 spiro atoms. The normalized spacial score (nSPS) is 12.4. The number of nitrogens with zero attached hydrogens (tertiary/aromatic N) is 3. The van der Waals surface area contributed by atoms with Crippen molar-refractivity contribution in [3.8, 4) is 0 Å². The van der Waals surface area contributed by atoms with Gasteiger partial charge in [-0.3, -0.25) is 4.99 Å². The minimum atomic E-state index is -0.801. The summed E-state index contributed by atoms with van der Waals surface area (Å²) in [6.45, 7) is 5.18. The zero-order chi connectivity index (χ0) is 18.2. The van der Waals surface area contributed by atoms with Crippen LogP contribution in [0.15, 0.2) is 27.7 Å². The van der Waals surface area contributed by atoms with Crippen LogP contribution in [0.5, 0.6) is 0 Å². The zero-order valence-electron chi connectivity index (χ0n) is 14.5. The number of aryl methyl sites for hydroxylation is 1. The fourth-order valence-electron chi connectivity index (χ4n) is 2.12. The van der Waals surface area contributed by atoms with Crippen molar-refractivity contribution < 1.29 is 9.63 Å². The summed E-state index contributed by atoms with van der Waals surface area (Å²) in [7, 11) is 0. The minimum Gasteiger partial charge on any atom is -0.386 e. The van der Waals surface area contributed by atoms with Crippen molar-refractivity contribution in [2.24, 2.45) is 4.99 Å². The second kappa shape index (κ2) is 11.6. The SMILES string of the molecule is CCNC(=NCC(O)c1cc(Cl)cc(Cl)c1)NCCc1nc(C)no1.I. The van der Waals surface area contributed by atoms with Gasteiger partial charge in [-0.05, 0) is 37.6 Å². The Morgan fingerprint density at radius 1 is 1.27 bits per heavy atom. The number of halogens is 3. The van der Waals surface area contributed by atoms with Gasteiger partial charge in [-0.1, -0.05) is 28.4 Å². The van der Waals surface area contributed by atoms with E-state index >= 15 is 0 Å². The molecular formula is C16H22Cl2IN5O2. The molecule has 0 amide bonds. The second-order valence-electron chi connectivity index (χ2n) is 5.35. The molecule has 3 N–H and O–H groups in total. The van der Waals surface area contributed by atoms with E-state index in [-0.39, 0.29) is 30.5 Å². The number of hydrogen-bond donors (Lipinski definition) is 3. The lowest BCUT2D eigenvalue weighted by molar-refractivity contribution is 0.187. The molecule has 0 bridgehead atoms. The van der Waals surface area contributed by atoms with Crippen molar-refractivity contribution in [2.45, 2.75) is 26.4 Å². The maximum atomic E-state index is 10.3. The van der Waals surface area contributed by atoms with Crippen molar-refractivity contribution in [1.29, 1.82) is 0 Å². The van der Waals surface area contributed by atoms with Crippen LogP contribution in [-0.2, 0) is 6.42 Å². The summed E-state index contributed by atoms with van der Waals surface area (Å²) in [6.07, 6.45) is -0.220. The molecule has 1 heterocycles. The molecule has 10 heteroatoms. The Morgan fingerprint density at radius 3 is 2.54 bits per heavy atom. The fourth-order valence-corrected chi connectivity index (χ4v) is 2.66. The topological polar surface area (TPSA) is 95.6 Å². The molecule has 1 aromatic heterocycles. The van der Waals surface area contributed by atoms with Crippen LogP contribution in [0.2, 0.25) is 10.0 Å². The summed E-state index contributed by atoms with van der Waals surface area (Å²) in [5.74, 6) is 1.76. The van der Waals surface area contributed by atoms with E-state index in [1.807, 2.05) is 6.92 Å². The van der Waals surface area contributed by atoms with Gasteiger partial charge in [0.1, 0.15) is 0 Å². The molecule has 0 radical (unpaired) electrons. The van der Waals surface area contributed by atoms with E-state index in [2.05, 4.69) is 25.8 Å². The van der Waals surface area contributed by atoms with Gasteiger partial charge in [0.25, 0.3) is 0 Å². The Morgan fingerprint density at radius 2 is 1.96 bits per heavy atom. The number of aliphatic hydroxyl groups is 1. The minimum absolute atomic E-state index is 0. The molecule has 0 aliphatic heterocycles. The third-order valence-electron chi connectivity index (χ3n) is 3.24. The molecule has 0 fully saturated rings. The maximum Gasteiger partial charge on any atom is 0.228 e. The van der Waals surface area contributed by atoms with Crippen molar-refractivity contribution in [2.75, 3.05) is 19.6 Å². The number of rotatable bonds is 7. The van der Waals surface area contributed by atoms with E-state index in [0.717, 1.165) is 0 Å². The third-order valence-corrected chi connectivity index (χ3v) is 3.67. The van der Waals surface area contributed by atoms with Crippen LogP contribution >= 0.6 is 47.2 Å². The number of nitrogens with one attached hydrogen (secondary N) is 2. The molecular weight excluding hydrogens is 492 g/mol. The number of benzene rings is 1. The molecule has 2 aromatic rings. The number of hydrogen-bond acceptors (Lipinski definition) is 5. The molecule has 144 valence electrons. The molecule has 1 atom stereocenters. The number of aliphatic hydroxyl groups excluding tert-OH is 1.